The van der Waals surface area contributed by atoms with Crippen LogP contribution in [0.2, 0.25) is 0 Å². The zero-order valence-corrected chi connectivity index (χ0v) is 3.98. The van der Waals surface area contributed by atoms with Gasteiger partial charge in [-0.15, -0.1) is 9.12 Å². The van der Waals surface area contributed by atoms with Crippen LogP contribution in [0.25, 0.3) is 0 Å². The lowest BCUT2D eigenvalue weighted by Gasteiger charge is -1.67. The number of hydrogen-bond donors (Lipinski definition) is 0. The summed E-state index contributed by atoms with van der Waals surface area (Å²) in [5, 5.41) is 0. The molecule has 0 radical (unpaired) electrons. The SMILES string of the molecule is PBOCl. The molecule has 0 saturated carbocycles. The lowest BCUT2D eigenvalue weighted by atomic mass is 10.6. The van der Waals surface area contributed by atoms with Crippen LogP contribution in [-0.4, -0.2) is 7.20 Å². The second kappa shape index (κ2) is 3.74. The van der Waals surface area contributed by atoms with Gasteiger partial charge in [0.05, 0.1) is 0 Å². The van der Waals surface area contributed by atoms with Gasteiger partial charge in [0.15, 0.2) is 0 Å². The van der Waals surface area contributed by atoms with Gasteiger partial charge in [0.2, 0.25) is 0 Å². The molecule has 0 fully saturated rings. The van der Waals surface area contributed by atoms with E-state index in [9.17, 15) is 0 Å². The largest absolute Gasteiger partial charge is 0.343 e. The molecule has 0 N–H and O–H groups in total. The Morgan fingerprint density at radius 2 is 2.25 bits per heavy atom. The Morgan fingerprint density at radius 3 is 2.25 bits per heavy atom. The second-order valence-electron chi connectivity index (χ2n) is 0.276. The summed E-state index contributed by atoms with van der Waals surface area (Å²) in [7, 11) is 2.80. The summed E-state index contributed by atoms with van der Waals surface area (Å²) in [5.41, 5.74) is 0. The van der Waals surface area contributed by atoms with Crippen molar-refractivity contribution in [3.8, 4) is 0 Å². The molecule has 0 amide bonds. The molecule has 1 nitrogen and oxygen atoms in total. The predicted octanol–water partition coefficient (Wildman–Crippen LogP) is 0.298. The lowest BCUT2D eigenvalue weighted by molar-refractivity contribution is 0.688. The minimum atomic E-state index is 0.502. The summed E-state index contributed by atoms with van der Waals surface area (Å²) in [4.78, 5) is 0. The van der Waals surface area contributed by atoms with Crippen LogP contribution in [0.15, 0.2) is 0 Å². The smallest absolute Gasteiger partial charge is 0.324 e. The number of hydrogen-bond acceptors (Lipinski definition) is 1. The molecule has 0 aliphatic carbocycles. The van der Waals surface area contributed by atoms with Gasteiger partial charge in [-0.3, -0.25) is 0 Å². The molecule has 0 aliphatic heterocycles. The van der Waals surface area contributed by atoms with Crippen molar-refractivity contribution >= 4 is 28.2 Å². The van der Waals surface area contributed by atoms with Crippen molar-refractivity contribution in [2.45, 2.75) is 0 Å². The standard InChI is InChI=1S/BClH3OP/c2-3-1-4/h1H,4H2. The molecular weight excluding hydrogens is 93.2 g/mol. The minimum Gasteiger partial charge on any atom is -0.343 e. The molecule has 0 aromatic heterocycles. The molecule has 1 unspecified atom stereocenters. The topological polar surface area (TPSA) is 9.23 Å². The quantitative estimate of drug-likeness (QED) is 0.337. The molecule has 0 rings (SSSR count). The monoisotopic (exact) mass is 96.0 g/mol. The molecule has 24 valence electrons. The van der Waals surface area contributed by atoms with E-state index in [0.717, 1.165) is 0 Å². The van der Waals surface area contributed by atoms with Crippen molar-refractivity contribution in [1.82, 2.24) is 0 Å². The minimum absolute atomic E-state index is 0.502. The second-order valence-corrected chi connectivity index (χ2v) is 0.827. The average molecular weight is 96.3 g/mol. The number of rotatable bonds is 1. The van der Waals surface area contributed by atoms with Crippen LogP contribution >= 0.6 is 21.0 Å². The number of halogens is 1. The normalized spacial score (nSPS) is 6.50. The maximum Gasteiger partial charge on any atom is 0.324 e. The van der Waals surface area contributed by atoms with Crippen LogP contribution in [0.1, 0.15) is 0 Å². The Bertz CT molecular complexity index is 10.0. The molecule has 0 spiro atoms. The van der Waals surface area contributed by atoms with Crippen LogP contribution in [0.3, 0.4) is 0 Å². The van der Waals surface area contributed by atoms with Gasteiger partial charge in [-0.25, -0.2) is 0 Å². The summed E-state index contributed by atoms with van der Waals surface area (Å²) in [5.74, 6) is 0. The molecule has 0 aromatic rings. The highest BCUT2D eigenvalue weighted by molar-refractivity contribution is 7.54. The van der Waals surface area contributed by atoms with Gasteiger partial charge in [0.1, 0.15) is 0 Å². The fourth-order valence-electron chi connectivity index (χ4n) is 0. The van der Waals surface area contributed by atoms with Gasteiger partial charge in [-0.1, -0.05) is 0 Å². The van der Waals surface area contributed by atoms with Crippen molar-refractivity contribution in [2.24, 2.45) is 0 Å². The molecule has 0 saturated heterocycles. The van der Waals surface area contributed by atoms with Crippen molar-refractivity contribution in [3.63, 3.8) is 0 Å². The Labute approximate surface area is 33.3 Å². The first-order chi connectivity index (χ1) is 1.91. The first kappa shape index (κ1) is 4.74. The van der Waals surface area contributed by atoms with E-state index in [1.54, 1.807) is 0 Å². The van der Waals surface area contributed by atoms with Gasteiger partial charge in [-0.2, -0.15) is 0 Å². The fourth-order valence-corrected chi connectivity index (χ4v) is 0. The Kier molecular flexibility index (Phi) is 4.44. The van der Waals surface area contributed by atoms with Crippen molar-refractivity contribution in [3.05, 3.63) is 0 Å². The van der Waals surface area contributed by atoms with E-state index in [1.165, 1.54) is 0 Å². The van der Waals surface area contributed by atoms with Crippen LogP contribution in [0.4, 0.5) is 0 Å². The average Bonchev–Trinajstić information content (AvgIpc) is 1.37. The molecule has 1 atom stereocenters. The summed E-state index contributed by atoms with van der Waals surface area (Å²) >= 11 is 4.67. The summed E-state index contributed by atoms with van der Waals surface area (Å²) in [6, 6.07) is 0. The van der Waals surface area contributed by atoms with E-state index >= 15 is 0 Å². The lowest BCUT2D eigenvalue weighted by Crippen LogP contribution is -1.65. The van der Waals surface area contributed by atoms with Gasteiger partial charge in [0.25, 0.3) is 0 Å². The third-order valence-electron chi connectivity index (χ3n) is 0.0630. The van der Waals surface area contributed by atoms with Crippen LogP contribution in [0, 0.1) is 0 Å². The van der Waals surface area contributed by atoms with Crippen molar-refractivity contribution in [2.75, 3.05) is 0 Å². The highest BCUT2D eigenvalue weighted by Crippen LogP contribution is 1.78. The van der Waals surface area contributed by atoms with E-state index in [0.29, 0.717) is 7.20 Å². The maximum atomic E-state index is 4.67. The van der Waals surface area contributed by atoms with Crippen LogP contribution < -0.4 is 0 Å². The highest BCUT2D eigenvalue weighted by Gasteiger charge is 1.63. The van der Waals surface area contributed by atoms with E-state index in [1.807, 2.05) is 0 Å². The zero-order chi connectivity index (χ0) is 3.41. The molecular formula is H3BClOP. The van der Waals surface area contributed by atoms with Gasteiger partial charge >= 0.3 is 7.20 Å². The molecule has 0 bridgehead atoms. The van der Waals surface area contributed by atoms with Crippen LogP contribution in [0.5, 0.6) is 0 Å². The third-order valence-corrected chi connectivity index (χ3v) is 0.567. The zero-order valence-electron chi connectivity index (χ0n) is 2.07. The van der Waals surface area contributed by atoms with Gasteiger partial charge < -0.3 is 4.21 Å². The van der Waals surface area contributed by atoms with Crippen LogP contribution in [-0.2, 0) is 4.21 Å². The van der Waals surface area contributed by atoms with Crippen molar-refractivity contribution < 1.29 is 4.21 Å². The summed E-state index contributed by atoms with van der Waals surface area (Å²) in [6.07, 6.45) is 0. The predicted molar refractivity (Wildman–Crippen MR) is 23.8 cm³/mol. The van der Waals surface area contributed by atoms with E-state index < -0.39 is 0 Å². The maximum absolute atomic E-state index is 4.67. The first-order valence-corrected chi connectivity index (χ1v) is 1.98. The van der Waals surface area contributed by atoms with E-state index in [4.69, 9.17) is 0 Å². The molecule has 0 heterocycles. The Morgan fingerprint density at radius 1 is 2.00 bits per heavy atom. The van der Waals surface area contributed by atoms with E-state index in [2.05, 4.69) is 25.2 Å². The fraction of sp³-hybridized carbons (Fsp3) is 0. The highest BCUT2D eigenvalue weighted by atomic mass is 35.5. The van der Waals surface area contributed by atoms with Gasteiger partial charge in [0, 0.05) is 11.9 Å². The summed E-state index contributed by atoms with van der Waals surface area (Å²) < 4.78 is 3.98. The summed E-state index contributed by atoms with van der Waals surface area (Å²) in [6.45, 7) is 0. The molecule has 4 heavy (non-hydrogen) atoms. The third kappa shape index (κ3) is 2.74. The first-order valence-electron chi connectivity index (χ1n) is 0.851. The molecule has 4 heteroatoms. The van der Waals surface area contributed by atoms with Gasteiger partial charge in [-0.05, 0) is 0 Å². The molecule has 0 aromatic carbocycles. The Balaban J connectivity index is 1.97. The van der Waals surface area contributed by atoms with E-state index in [-0.39, 0.29) is 0 Å². The molecule has 0 aliphatic rings. The Hall–Kier alpha value is 0.745. The van der Waals surface area contributed by atoms with Crippen molar-refractivity contribution in [1.29, 1.82) is 0 Å².